The Hall–Kier alpha value is -1.85. The zero-order chi connectivity index (χ0) is 12.8. The Labute approximate surface area is 107 Å². The Bertz CT molecular complexity index is 403. The number of nitrogens with zero attached hydrogens (tertiary/aromatic N) is 3. The number of anilines is 2. The lowest BCUT2D eigenvalue weighted by Gasteiger charge is -2.15. The molecule has 98 valence electrons. The van der Waals surface area contributed by atoms with E-state index in [2.05, 4.69) is 20.6 Å². The first-order valence-corrected chi connectivity index (χ1v) is 6.32. The molecule has 2 N–H and O–H groups in total. The number of hydrogen-bond acceptors (Lipinski definition) is 5. The van der Waals surface area contributed by atoms with Crippen LogP contribution in [-0.2, 0) is 4.79 Å². The summed E-state index contributed by atoms with van der Waals surface area (Å²) in [4.78, 5) is 22.0. The second-order valence-corrected chi connectivity index (χ2v) is 4.28. The van der Waals surface area contributed by atoms with E-state index in [1.54, 1.807) is 19.3 Å². The molecule has 2 heterocycles. The van der Waals surface area contributed by atoms with E-state index in [1.165, 1.54) is 0 Å². The van der Waals surface area contributed by atoms with Gasteiger partial charge in [-0.25, -0.2) is 4.98 Å². The van der Waals surface area contributed by atoms with Crippen LogP contribution in [0.2, 0.25) is 0 Å². The van der Waals surface area contributed by atoms with E-state index in [0.717, 1.165) is 31.7 Å². The van der Waals surface area contributed by atoms with E-state index in [4.69, 9.17) is 0 Å². The highest BCUT2D eigenvalue weighted by molar-refractivity contribution is 5.76. The minimum atomic E-state index is 0.225. The minimum absolute atomic E-state index is 0.225. The molecule has 0 unspecified atom stereocenters. The highest BCUT2D eigenvalue weighted by Gasteiger charge is 2.16. The fraction of sp³-hybridized carbons (Fsp3) is 0.583. The van der Waals surface area contributed by atoms with Gasteiger partial charge >= 0.3 is 0 Å². The van der Waals surface area contributed by atoms with Gasteiger partial charge in [-0.2, -0.15) is 4.98 Å². The molecule has 6 nitrogen and oxygen atoms in total. The van der Waals surface area contributed by atoms with Crippen LogP contribution in [0.15, 0.2) is 12.3 Å². The molecule has 0 bridgehead atoms. The summed E-state index contributed by atoms with van der Waals surface area (Å²) in [7, 11) is 1.77. The average molecular weight is 249 g/mol. The quantitative estimate of drug-likeness (QED) is 0.813. The lowest BCUT2D eigenvalue weighted by Crippen LogP contribution is -2.29. The predicted molar refractivity (Wildman–Crippen MR) is 70.5 cm³/mol. The van der Waals surface area contributed by atoms with Gasteiger partial charge in [-0.1, -0.05) is 0 Å². The summed E-state index contributed by atoms with van der Waals surface area (Å²) in [6.07, 6.45) is 4.47. The van der Waals surface area contributed by atoms with Gasteiger partial charge in [0.1, 0.15) is 5.82 Å². The van der Waals surface area contributed by atoms with Gasteiger partial charge in [-0.05, 0) is 18.9 Å². The molecule has 0 atom stereocenters. The Balaban J connectivity index is 1.75. The number of aromatic nitrogens is 2. The fourth-order valence-electron chi connectivity index (χ4n) is 2.00. The largest absolute Gasteiger partial charge is 0.369 e. The fourth-order valence-corrected chi connectivity index (χ4v) is 2.00. The van der Waals surface area contributed by atoms with Crippen molar-refractivity contribution in [2.24, 2.45) is 0 Å². The lowest BCUT2D eigenvalue weighted by atomic mass is 10.3. The van der Waals surface area contributed by atoms with Crippen molar-refractivity contribution < 1.29 is 4.79 Å². The monoisotopic (exact) mass is 249 g/mol. The van der Waals surface area contributed by atoms with Gasteiger partial charge in [0.25, 0.3) is 0 Å². The van der Waals surface area contributed by atoms with Gasteiger partial charge in [-0.15, -0.1) is 0 Å². The van der Waals surface area contributed by atoms with E-state index >= 15 is 0 Å². The van der Waals surface area contributed by atoms with Crippen LogP contribution in [0, 0.1) is 0 Å². The molecular weight excluding hydrogens is 230 g/mol. The summed E-state index contributed by atoms with van der Waals surface area (Å²) in [6.45, 7) is 2.43. The molecule has 1 aliphatic heterocycles. The zero-order valence-corrected chi connectivity index (χ0v) is 10.6. The second kappa shape index (κ2) is 6.18. The zero-order valence-electron chi connectivity index (χ0n) is 10.6. The van der Waals surface area contributed by atoms with Gasteiger partial charge in [0.2, 0.25) is 11.9 Å². The van der Waals surface area contributed by atoms with Crippen molar-refractivity contribution in [1.29, 1.82) is 0 Å². The molecule has 6 heteroatoms. The van der Waals surface area contributed by atoms with Crippen molar-refractivity contribution >= 4 is 17.7 Å². The first-order valence-electron chi connectivity index (χ1n) is 6.32. The smallest absolute Gasteiger partial charge is 0.224 e. The molecule has 18 heavy (non-hydrogen) atoms. The summed E-state index contributed by atoms with van der Waals surface area (Å²) in [5.74, 6) is 1.54. The highest BCUT2D eigenvalue weighted by Crippen LogP contribution is 2.09. The first kappa shape index (κ1) is 12.6. The van der Waals surface area contributed by atoms with E-state index in [1.807, 2.05) is 4.90 Å². The Kier molecular flexibility index (Phi) is 4.33. The molecule has 0 aliphatic carbocycles. The second-order valence-electron chi connectivity index (χ2n) is 4.28. The number of hydrogen-bond donors (Lipinski definition) is 2. The van der Waals surface area contributed by atoms with Gasteiger partial charge in [0, 0.05) is 39.3 Å². The van der Waals surface area contributed by atoms with Crippen molar-refractivity contribution in [3.05, 3.63) is 12.3 Å². The number of nitrogens with one attached hydrogen (secondary N) is 2. The van der Waals surface area contributed by atoms with Crippen LogP contribution in [0.5, 0.6) is 0 Å². The number of carbonyl (C=O) groups is 1. The summed E-state index contributed by atoms with van der Waals surface area (Å²) in [5, 5.41) is 6.01. The Morgan fingerprint density at radius 1 is 1.44 bits per heavy atom. The van der Waals surface area contributed by atoms with Gasteiger partial charge in [-0.3, -0.25) is 4.79 Å². The molecule has 0 radical (unpaired) electrons. The van der Waals surface area contributed by atoms with E-state index in [-0.39, 0.29) is 5.91 Å². The molecule has 0 aromatic carbocycles. The van der Waals surface area contributed by atoms with Crippen LogP contribution in [-0.4, -0.2) is 47.5 Å². The van der Waals surface area contributed by atoms with Crippen molar-refractivity contribution in [3.8, 4) is 0 Å². The Morgan fingerprint density at radius 3 is 2.94 bits per heavy atom. The summed E-state index contributed by atoms with van der Waals surface area (Å²) in [5.41, 5.74) is 0. The summed E-state index contributed by atoms with van der Waals surface area (Å²) in [6, 6.07) is 1.79. The maximum Gasteiger partial charge on any atom is 0.224 e. The molecule has 0 spiro atoms. The Morgan fingerprint density at radius 2 is 2.22 bits per heavy atom. The molecule has 0 saturated carbocycles. The SMILES string of the molecule is CNc1nccc(NCCC(=O)N2CCCC2)n1. The number of carbonyl (C=O) groups excluding carboxylic acids is 1. The standard InChI is InChI=1S/C12H19N5O/c1-13-12-15-6-4-10(16-12)14-7-5-11(18)17-8-2-3-9-17/h4,6H,2-3,5,7-9H2,1H3,(H2,13,14,15,16). The topological polar surface area (TPSA) is 70.2 Å². The normalized spacial score (nSPS) is 14.6. The molecule has 1 aliphatic rings. The van der Waals surface area contributed by atoms with Gasteiger partial charge < -0.3 is 15.5 Å². The molecule has 1 aromatic heterocycles. The van der Waals surface area contributed by atoms with Crippen molar-refractivity contribution in [2.45, 2.75) is 19.3 Å². The molecule has 1 saturated heterocycles. The van der Waals surface area contributed by atoms with E-state index in [0.29, 0.717) is 18.9 Å². The maximum atomic E-state index is 11.8. The minimum Gasteiger partial charge on any atom is -0.369 e. The van der Waals surface area contributed by atoms with Crippen molar-refractivity contribution in [2.75, 3.05) is 37.3 Å². The van der Waals surface area contributed by atoms with Crippen molar-refractivity contribution in [3.63, 3.8) is 0 Å². The third-order valence-electron chi connectivity index (χ3n) is 2.98. The molecule has 1 fully saturated rings. The predicted octanol–water partition coefficient (Wildman–Crippen LogP) is 0.943. The van der Waals surface area contributed by atoms with Crippen LogP contribution < -0.4 is 10.6 Å². The number of amides is 1. The van der Waals surface area contributed by atoms with Crippen LogP contribution in [0.3, 0.4) is 0 Å². The maximum absolute atomic E-state index is 11.8. The molecule has 2 rings (SSSR count). The number of rotatable bonds is 5. The van der Waals surface area contributed by atoms with E-state index < -0.39 is 0 Å². The van der Waals surface area contributed by atoms with Gasteiger partial charge in [0.15, 0.2) is 0 Å². The first-order chi connectivity index (χ1) is 8.79. The molecule has 1 amide bonds. The molecule has 1 aromatic rings. The summed E-state index contributed by atoms with van der Waals surface area (Å²) >= 11 is 0. The van der Waals surface area contributed by atoms with Crippen LogP contribution >= 0.6 is 0 Å². The van der Waals surface area contributed by atoms with E-state index in [9.17, 15) is 4.79 Å². The summed E-state index contributed by atoms with van der Waals surface area (Å²) < 4.78 is 0. The number of likely N-dealkylation sites (tertiary alicyclic amines) is 1. The third kappa shape index (κ3) is 3.32. The third-order valence-corrected chi connectivity index (χ3v) is 2.98. The average Bonchev–Trinajstić information content (AvgIpc) is 2.93. The lowest BCUT2D eigenvalue weighted by molar-refractivity contribution is -0.129. The molecular formula is C12H19N5O. The highest BCUT2D eigenvalue weighted by atomic mass is 16.2. The van der Waals surface area contributed by atoms with Crippen LogP contribution in [0.4, 0.5) is 11.8 Å². The van der Waals surface area contributed by atoms with Gasteiger partial charge in [0.05, 0.1) is 0 Å². The van der Waals surface area contributed by atoms with Crippen LogP contribution in [0.25, 0.3) is 0 Å². The van der Waals surface area contributed by atoms with Crippen molar-refractivity contribution in [1.82, 2.24) is 14.9 Å². The van der Waals surface area contributed by atoms with Crippen LogP contribution in [0.1, 0.15) is 19.3 Å².